The molecule has 0 aromatic heterocycles. The molecule has 0 spiro atoms. The van der Waals surface area contributed by atoms with Gasteiger partial charge in [0.1, 0.15) is 0 Å². The van der Waals surface area contributed by atoms with E-state index in [-0.39, 0.29) is 16.5 Å². The molecule has 4 aliphatic carbocycles. The number of hydrogen-bond donors (Lipinski definition) is 1. The largest absolute Gasteiger partial charge is 0.471 e. The van der Waals surface area contributed by atoms with Crippen LogP contribution in [0.3, 0.4) is 0 Å². The first-order chi connectivity index (χ1) is 13.8. The van der Waals surface area contributed by atoms with Crippen LogP contribution in [-0.2, 0) is 15.6 Å². The van der Waals surface area contributed by atoms with Gasteiger partial charge in [-0.1, -0.05) is 42.5 Å². The second kappa shape index (κ2) is 6.35. The SMILES string of the molecule is O=C(Nc1ccc(C23C[C@H]4C[C@@H](CC(c5ccccc5)(C4)C2)C3)cc1)C(F)(F)F. The van der Waals surface area contributed by atoms with Crippen LogP contribution in [0.25, 0.3) is 0 Å². The summed E-state index contributed by atoms with van der Waals surface area (Å²) >= 11 is 0. The first kappa shape index (κ1) is 18.7. The lowest BCUT2D eigenvalue weighted by molar-refractivity contribution is -0.167. The smallest absolute Gasteiger partial charge is 0.318 e. The Morgan fingerprint density at radius 1 is 0.828 bits per heavy atom. The molecular weight excluding hydrogens is 375 g/mol. The van der Waals surface area contributed by atoms with Crippen molar-refractivity contribution in [1.29, 1.82) is 0 Å². The van der Waals surface area contributed by atoms with Crippen molar-refractivity contribution in [1.82, 2.24) is 0 Å². The zero-order chi connectivity index (χ0) is 20.3. The van der Waals surface area contributed by atoms with Crippen molar-refractivity contribution in [2.24, 2.45) is 11.8 Å². The molecule has 152 valence electrons. The lowest BCUT2D eigenvalue weighted by Crippen LogP contribution is -2.55. The fourth-order valence-electron chi connectivity index (χ4n) is 6.84. The van der Waals surface area contributed by atoms with E-state index < -0.39 is 12.1 Å². The summed E-state index contributed by atoms with van der Waals surface area (Å²) in [6, 6.07) is 17.9. The van der Waals surface area contributed by atoms with Gasteiger partial charge in [0.25, 0.3) is 0 Å². The average Bonchev–Trinajstić information content (AvgIpc) is 2.67. The number of anilines is 1. The predicted molar refractivity (Wildman–Crippen MR) is 106 cm³/mol. The molecule has 2 aromatic carbocycles. The molecule has 0 aliphatic heterocycles. The molecule has 4 saturated carbocycles. The minimum Gasteiger partial charge on any atom is -0.318 e. The van der Waals surface area contributed by atoms with E-state index in [4.69, 9.17) is 0 Å². The highest BCUT2D eigenvalue weighted by atomic mass is 19.4. The molecule has 4 fully saturated rings. The van der Waals surface area contributed by atoms with E-state index in [1.54, 1.807) is 12.1 Å². The third-order valence-electron chi connectivity index (χ3n) is 7.46. The molecular formula is C24H24F3NO. The number of alkyl halides is 3. The number of halogens is 3. The topological polar surface area (TPSA) is 29.1 Å². The minimum absolute atomic E-state index is 0.0898. The van der Waals surface area contributed by atoms with Crippen molar-refractivity contribution in [2.45, 2.75) is 55.5 Å². The molecule has 4 aliphatic rings. The van der Waals surface area contributed by atoms with Crippen LogP contribution in [0.5, 0.6) is 0 Å². The maximum Gasteiger partial charge on any atom is 0.471 e. The Kier molecular flexibility index (Phi) is 4.10. The summed E-state index contributed by atoms with van der Waals surface area (Å²) in [5.41, 5.74) is 3.14. The van der Waals surface area contributed by atoms with Crippen molar-refractivity contribution in [2.75, 3.05) is 5.32 Å². The fraction of sp³-hybridized carbons (Fsp3) is 0.458. The van der Waals surface area contributed by atoms with Crippen molar-refractivity contribution in [3.63, 3.8) is 0 Å². The van der Waals surface area contributed by atoms with E-state index in [0.29, 0.717) is 11.8 Å². The van der Waals surface area contributed by atoms with Crippen molar-refractivity contribution in [3.8, 4) is 0 Å². The van der Waals surface area contributed by atoms with Gasteiger partial charge in [-0.3, -0.25) is 4.79 Å². The van der Waals surface area contributed by atoms with Gasteiger partial charge >= 0.3 is 12.1 Å². The third kappa shape index (κ3) is 3.15. The molecule has 0 unspecified atom stereocenters. The Bertz CT molecular complexity index is 905. The van der Waals surface area contributed by atoms with Crippen LogP contribution in [0, 0.1) is 11.8 Å². The number of benzene rings is 2. The molecule has 29 heavy (non-hydrogen) atoms. The Morgan fingerprint density at radius 2 is 1.34 bits per heavy atom. The number of rotatable bonds is 3. The first-order valence-corrected chi connectivity index (χ1v) is 10.3. The highest BCUT2D eigenvalue weighted by Gasteiger charge is 2.58. The third-order valence-corrected chi connectivity index (χ3v) is 7.46. The van der Waals surface area contributed by atoms with E-state index in [9.17, 15) is 18.0 Å². The average molecular weight is 399 g/mol. The lowest BCUT2D eigenvalue weighted by atomic mass is 9.42. The maximum absolute atomic E-state index is 12.5. The molecule has 2 atom stereocenters. The van der Waals surface area contributed by atoms with Gasteiger partial charge in [-0.25, -0.2) is 0 Å². The van der Waals surface area contributed by atoms with Crippen LogP contribution in [0.1, 0.15) is 49.7 Å². The Hall–Kier alpha value is -2.30. The molecule has 1 amide bonds. The van der Waals surface area contributed by atoms with Gasteiger partial charge in [-0.2, -0.15) is 13.2 Å². The van der Waals surface area contributed by atoms with Gasteiger partial charge in [-0.05, 0) is 84.5 Å². The molecule has 5 heteroatoms. The van der Waals surface area contributed by atoms with Crippen molar-refractivity contribution < 1.29 is 18.0 Å². The Labute approximate surface area is 168 Å². The van der Waals surface area contributed by atoms with Gasteiger partial charge in [0, 0.05) is 5.69 Å². The molecule has 0 heterocycles. The zero-order valence-corrected chi connectivity index (χ0v) is 16.1. The van der Waals surface area contributed by atoms with Gasteiger partial charge < -0.3 is 5.32 Å². The highest BCUT2D eigenvalue weighted by molar-refractivity contribution is 5.94. The minimum atomic E-state index is -4.87. The van der Waals surface area contributed by atoms with Crippen LogP contribution in [0.4, 0.5) is 18.9 Å². The molecule has 6 rings (SSSR count). The number of nitrogens with one attached hydrogen (secondary N) is 1. The fourth-order valence-corrected chi connectivity index (χ4v) is 6.84. The van der Waals surface area contributed by atoms with Gasteiger partial charge in [0.15, 0.2) is 0 Å². The second-order valence-corrected chi connectivity index (χ2v) is 9.42. The molecule has 4 bridgehead atoms. The Balaban J connectivity index is 1.44. The van der Waals surface area contributed by atoms with E-state index in [1.807, 2.05) is 17.4 Å². The van der Waals surface area contributed by atoms with E-state index in [0.717, 1.165) is 19.3 Å². The molecule has 2 nitrogen and oxygen atoms in total. The number of amides is 1. The summed E-state index contributed by atoms with van der Waals surface area (Å²) in [6.45, 7) is 0. The van der Waals surface area contributed by atoms with Crippen LogP contribution >= 0.6 is 0 Å². The van der Waals surface area contributed by atoms with Gasteiger partial charge in [0.2, 0.25) is 0 Å². The standard InChI is InChI=1S/C24H24F3NO/c25-24(26,27)21(29)28-20-8-6-19(7-9-20)23-13-16-10-17(14-23)12-22(11-16,15-23)18-4-2-1-3-5-18/h1-9,16-17H,10-15H2,(H,28,29)/t16-,17-,22?,23?/m0/s1. The van der Waals surface area contributed by atoms with Gasteiger partial charge in [0.05, 0.1) is 0 Å². The van der Waals surface area contributed by atoms with Crippen LogP contribution in [0.2, 0.25) is 0 Å². The summed E-state index contributed by atoms with van der Waals surface area (Å²) in [4.78, 5) is 11.2. The summed E-state index contributed by atoms with van der Waals surface area (Å²) in [5.74, 6) is -0.509. The molecule has 0 saturated heterocycles. The van der Waals surface area contributed by atoms with Crippen LogP contribution < -0.4 is 5.32 Å². The lowest BCUT2D eigenvalue weighted by Gasteiger charge is -2.62. The second-order valence-electron chi connectivity index (χ2n) is 9.42. The maximum atomic E-state index is 12.5. The Morgan fingerprint density at radius 3 is 1.86 bits per heavy atom. The highest BCUT2D eigenvalue weighted by Crippen LogP contribution is 2.66. The van der Waals surface area contributed by atoms with Crippen LogP contribution in [-0.4, -0.2) is 12.1 Å². The summed E-state index contributed by atoms with van der Waals surface area (Å²) in [7, 11) is 0. The van der Waals surface area contributed by atoms with Crippen molar-refractivity contribution in [3.05, 3.63) is 65.7 Å². The monoisotopic (exact) mass is 399 g/mol. The van der Waals surface area contributed by atoms with Crippen molar-refractivity contribution >= 4 is 11.6 Å². The number of carbonyl (C=O) groups is 1. The number of carbonyl (C=O) groups excluding carboxylic acids is 1. The first-order valence-electron chi connectivity index (χ1n) is 10.3. The van der Waals surface area contributed by atoms with E-state index in [2.05, 4.69) is 30.3 Å². The normalized spacial score (nSPS) is 32.9. The zero-order valence-electron chi connectivity index (χ0n) is 16.1. The van der Waals surface area contributed by atoms with E-state index >= 15 is 0 Å². The summed E-state index contributed by atoms with van der Waals surface area (Å²) < 4.78 is 37.5. The predicted octanol–water partition coefficient (Wildman–Crippen LogP) is 5.98. The molecule has 2 aromatic rings. The quantitative estimate of drug-likeness (QED) is 0.676. The summed E-state index contributed by atoms with van der Waals surface area (Å²) in [5, 5.41) is 1.95. The van der Waals surface area contributed by atoms with Crippen LogP contribution in [0.15, 0.2) is 54.6 Å². The molecule has 0 radical (unpaired) electrons. The van der Waals surface area contributed by atoms with E-state index in [1.165, 1.54) is 30.4 Å². The van der Waals surface area contributed by atoms with Gasteiger partial charge in [-0.15, -0.1) is 0 Å². The number of hydrogen-bond acceptors (Lipinski definition) is 1. The molecule has 1 N–H and O–H groups in total. The summed E-state index contributed by atoms with van der Waals surface area (Å²) in [6.07, 6.45) is 2.34.